The van der Waals surface area contributed by atoms with E-state index in [1.54, 1.807) is 23.0 Å². The lowest BCUT2D eigenvalue weighted by atomic mass is 10.1. The second-order valence-electron chi connectivity index (χ2n) is 6.87. The van der Waals surface area contributed by atoms with E-state index in [0.29, 0.717) is 49.7 Å². The van der Waals surface area contributed by atoms with E-state index in [2.05, 4.69) is 0 Å². The Morgan fingerprint density at radius 3 is 2.36 bits per heavy atom. The molecule has 1 aromatic heterocycles. The largest absolute Gasteiger partial charge is 0.451 e. The molecule has 0 bridgehead atoms. The van der Waals surface area contributed by atoms with Crippen LogP contribution in [-0.2, 0) is 11.3 Å². The molecule has 2 amide bonds. The summed E-state index contributed by atoms with van der Waals surface area (Å²) >= 11 is 0. The van der Waals surface area contributed by atoms with E-state index in [1.807, 2.05) is 48.5 Å². The van der Waals surface area contributed by atoms with Gasteiger partial charge >= 0.3 is 0 Å². The standard InChI is InChI=1S/C22H22N2O4/c1-27-15-16-5-4-7-18(13-16)21(25)23-9-11-24(12-10-23)22(26)20-14-17-6-2-3-8-19(17)28-20/h2-8,13-14H,9-12,15H2,1H3. The minimum absolute atomic E-state index is 0.0196. The lowest BCUT2D eigenvalue weighted by Crippen LogP contribution is -2.50. The summed E-state index contributed by atoms with van der Waals surface area (Å²) < 4.78 is 10.8. The second-order valence-corrected chi connectivity index (χ2v) is 6.87. The third kappa shape index (κ3) is 3.64. The summed E-state index contributed by atoms with van der Waals surface area (Å²) in [6, 6.07) is 16.8. The van der Waals surface area contributed by atoms with Gasteiger partial charge in [0.2, 0.25) is 0 Å². The second kappa shape index (κ2) is 7.86. The van der Waals surface area contributed by atoms with E-state index in [9.17, 15) is 9.59 Å². The highest BCUT2D eigenvalue weighted by Gasteiger charge is 2.27. The van der Waals surface area contributed by atoms with E-state index in [4.69, 9.17) is 9.15 Å². The van der Waals surface area contributed by atoms with Crippen LogP contribution < -0.4 is 0 Å². The van der Waals surface area contributed by atoms with E-state index in [0.717, 1.165) is 10.9 Å². The number of furan rings is 1. The SMILES string of the molecule is COCc1cccc(C(=O)N2CCN(C(=O)c3cc4ccccc4o3)CC2)c1. The molecule has 3 aromatic rings. The highest BCUT2D eigenvalue weighted by molar-refractivity contribution is 5.97. The van der Waals surface area contributed by atoms with E-state index < -0.39 is 0 Å². The zero-order chi connectivity index (χ0) is 19.5. The zero-order valence-corrected chi connectivity index (χ0v) is 15.8. The number of amides is 2. The van der Waals surface area contributed by atoms with Crippen LogP contribution in [0.15, 0.2) is 59.0 Å². The molecule has 4 rings (SSSR count). The first-order valence-corrected chi connectivity index (χ1v) is 9.31. The minimum atomic E-state index is -0.134. The number of nitrogens with zero attached hydrogens (tertiary/aromatic N) is 2. The molecule has 0 spiro atoms. The van der Waals surface area contributed by atoms with Crippen LogP contribution in [-0.4, -0.2) is 54.9 Å². The quantitative estimate of drug-likeness (QED) is 0.700. The van der Waals surface area contributed by atoms with Gasteiger partial charge in [-0.2, -0.15) is 0 Å². The minimum Gasteiger partial charge on any atom is -0.451 e. The number of rotatable bonds is 4. The summed E-state index contributed by atoms with van der Waals surface area (Å²) in [6.45, 7) is 2.44. The van der Waals surface area contributed by atoms with Crippen molar-refractivity contribution in [3.05, 3.63) is 71.5 Å². The Bertz CT molecular complexity index is 969. The van der Waals surface area contributed by atoms with Gasteiger partial charge in [0.15, 0.2) is 5.76 Å². The van der Waals surface area contributed by atoms with Gasteiger partial charge in [-0.3, -0.25) is 9.59 Å². The molecule has 0 saturated carbocycles. The predicted molar refractivity (Wildman–Crippen MR) is 105 cm³/mol. The number of piperazine rings is 1. The molecule has 1 aliphatic rings. The van der Waals surface area contributed by atoms with Crippen molar-refractivity contribution in [2.45, 2.75) is 6.61 Å². The van der Waals surface area contributed by atoms with Gasteiger partial charge < -0.3 is 19.0 Å². The molecule has 144 valence electrons. The summed E-state index contributed by atoms with van der Waals surface area (Å²) in [7, 11) is 1.63. The van der Waals surface area contributed by atoms with Gasteiger partial charge in [0, 0.05) is 44.2 Å². The van der Waals surface area contributed by atoms with E-state index in [1.165, 1.54) is 0 Å². The monoisotopic (exact) mass is 378 g/mol. The first-order valence-electron chi connectivity index (χ1n) is 9.31. The molecule has 1 saturated heterocycles. The number of benzene rings is 2. The molecule has 0 N–H and O–H groups in total. The maximum absolute atomic E-state index is 12.8. The Kier molecular flexibility index (Phi) is 5.12. The molecular formula is C22H22N2O4. The molecule has 6 heteroatoms. The number of ether oxygens (including phenoxy) is 1. The summed E-state index contributed by atoms with van der Waals surface area (Å²) in [5.74, 6) is 0.187. The zero-order valence-electron chi connectivity index (χ0n) is 15.8. The van der Waals surface area contributed by atoms with Gasteiger partial charge in [-0.05, 0) is 29.8 Å². The average Bonchev–Trinajstić information content (AvgIpc) is 3.17. The lowest BCUT2D eigenvalue weighted by Gasteiger charge is -2.34. The molecule has 1 aliphatic heterocycles. The van der Waals surface area contributed by atoms with Crippen molar-refractivity contribution >= 4 is 22.8 Å². The van der Waals surface area contributed by atoms with Gasteiger partial charge in [-0.25, -0.2) is 0 Å². The van der Waals surface area contributed by atoms with Crippen LogP contribution in [0.3, 0.4) is 0 Å². The summed E-state index contributed by atoms with van der Waals surface area (Å²) in [4.78, 5) is 29.1. The Morgan fingerprint density at radius 2 is 1.64 bits per heavy atom. The Balaban J connectivity index is 1.40. The molecule has 0 aliphatic carbocycles. The molecule has 28 heavy (non-hydrogen) atoms. The van der Waals surface area contributed by atoms with Crippen molar-refractivity contribution in [1.82, 2.24) is 9.80 Å². The number of carbonyl (C=O) groups is 2. The van der Waals surface area contributed by atoms with Crippen LogP contribution in [0.5, 0.6) is 0 Å². The van der Waals surface area contributed by atoms with Crippen LogP contribution in [0, 0.1) is 0 Å². The molecule has 6 nitrogen and oxygen atoms in total. The Morgan fingerprint density at radius 1 is 0.929 bits per heavy atom. The molecule has 2 heterocycles. The number of methoxy groups -OCH3 is 1. The molecule has 1 fully saturated rings. The Labute approximate surface area is 163 Å². The molecule has 0 radical (unpaired) electrons. The van der Waals surface area contributed by atoms with Crippen LogP contribution in [0.4, 0.5) is 0 Å². The van der Waals surface area contributed by atoms with Crippen LogP contribution in [0.2, 0.25) is 0 Å². The van der Waals surface area contributed by atoms with Crippen molar-refractivity contribution in [3.63, 3.8) is 0 Å². The van der Waals surface area contributed by atoms with Gasteiger partial charge in [-0.15, -0.1) is 0 Å². The Hall–Kier alpha value is -3.12. The third-order valence-corrected chi connectivity index (χ3v) is 4.98. The first-order chi connectivity index (χ1) is 13.7. The number of para-hydroxylation sites is 1. The number of fused-ring (bicyclic) bond motifs is 1. The smallest absolute Gasteiger partial charge is 0.289 e. The lowest BCUT2D eigenvalue weighted by molar-refractivity contribution is 0.0519. The number of hydrogen-bond acceptors (Lipinski definition) is 4. The fourth-order valence-electron chi connectivity index (χ4n) is 3.50. The highest BCUT2D eigenvalue weighted by atomic mass is 16.5. The maximum atomic E-state index is 12.8. The number of hydrogen-bond donors (Lipinski definition) is 0. The van der Waals surface area contributed by atoms with Gasteiger partial charge in [0.05, 0.1) is 6.61 Å². The van der Waals surface area contributed by atoms with Gasteiger partial charge in [0.25, 0.3) is 11.8 Å². The van der Waals surface area contributed by atoms with Crippen molar-refractivity contribution in [1.29, 1.82) is 0 Å². The fourth-order valence-corrected chi connectivity index (χ4v) is 3.50. The van der Waals surface area contributed by atoms with Crippen LogP contribution >= 0.6 is 0 Å². The first kappa shape index (κ1) is 18.3. The average molecular weight is 378 g/mol. The van der Waals surface area contributed by atoms with Crippen LogP contribution in [0.25, 0.3) is 11.0 Å². The van der Waals surface area contributed by atoms with Gasteiger partial charge in [0.1, 0.15) is 5.58 Å². The van der Waals surface area contributed by atoms with E-state index in [-0.39, 0.29) is 11.8 Å². The van der Waals surface area contributed by atoms with Gasteiger partial charge in [-0.1, -0.05) is 30.3 Å². The van der Waals surface area contributed by atoms with E-state index >= 15 is 0 Å². The summed E-state index contributed by atoms with van der Waals surface area (Å²) in [5.41, 5.74) is 2.31. The predicted octanol–water partition coefficient (Wildman–Crippen LogP) is 3.18. The van der Waals surface area contributed by atoms with Crippen LogP contribution in [0.1, 0.15) is 26.5 Å². The van der Waals surface area contributed by atoms with Crippen molar-refractivity contribution in [2.75, 3.05) is 33.3 Å². The summed E-state index contributed by atoms with van der Waals surface area (Å²) in [5, 5.41) is 0.913. The van der Waals surface area contributed by atoms with Crippen molar-refractivity contribution in [3.8, 4) is 0 Å². The molecular weight excluding hydrogens is 356 g/mol. The maximum Gasteiger partial charge on any atom is 0.289 e. The molecule has 0 unspecified atom stereocenters. The molecule has 0 atom stereocenters. The van der Waals surface area contributed by atoms with Crippen molar-refractivity contribution < 1.29 is 18.7 Å². The van der Waals surface area contributed by atoms with Crippen molar-refractivity contribution in [2.24, 2.45) is 0 Å². The normalized spacial score (nSPS) is 14.5. The highest BCUT2D eigenvalue weighted by Crippen LogP contribution is 2.21. The molecule has 2 aromatic carbocycles. The third-order valence-electron chi connectivity index (χ3n) is 4.98. The summed E-state index contributed by atoms with van der Waals surface area (Å²) in [6.07, 6.45) is 0. The topological polar surface area (TPSA) is 63.0 Å². The number of carbonyl (C=O) groups excluding carboxylic acids is 2. The fraction of sp³-hybridized carbons (Fsp3) is 0.273.